The topological polar surface area (TPSA) is 58.4 Å². The largest absolute Gasteiger partial charge is 0.339 e. The van der Waals surface area contributed by atoms with Crippen LogP contribution in [0.4, 0.5) is 0 Å². The fourth-order valence-corrected chi connectivity index (χ4v) is 6.69. The molecule has 0 saturated carbocycles. The van der Waals surface area contributed by atoms with Gasteiger partial charge in [0, 0.05) is 55.6 Å². The average molecular weight is 497 g/mol. The minimum absolute atomic E-state index is 0.0610. The summed E-state index contributed by atoms with van der Waals surface area (Å²) in [6.45, 7) is 4.11. The molecule has 9 heteroatoms. The monoisotopic (exact) mass is 496 g/mol. The molecule has 4 aromatic rings. The van der Waals surface area contributed by atoms with E-state index in [1.165, 1.54) is 28.7 Å². The van der Waals surface area contributed by atoms with Crippen molar-refractivity contribution in [2.24, 2.45) is 7.05 Å². The maximum absolute atomic E-state index is 13.1. The van der Waals surface area contributed by atoms with Gasteiger partial charge >= 0.3 is 0 Å². The Balaban J connectivity index is 1.22. The van der Waals surface area contributed by atoms with Gasteiger partial charge in [-0.1, -0.05) is 48.2 Å². The Morgan fingerprint density at radius 3 is 2.58 bits per heavy atom. The highest BCUT2D eigenvalue weighted by atomic mass is 32.2. The molecule has 1 aromatic carbocycles. The lowest BCUT2D eigenvalue weighted by Crippen LogP contribution is -2.48. The smallest absolute Gasteiger partial charge is 0.263 e. The molecular weight excluding hydrogens is 472 g/mol. The number of carbonyl (C=O) groups is 1. The van der Waals surface area contributed by atoms with Gasteiger partial charge in [-0.25, -0.2) is 4.98 Å². The molecule has 5 rings (SSSR count). The summed E-state index contributed by atoms with van der Waals surface area (Å²) >= 11 is 4.44. The Bertz CT molecular complexity index is 1310. The van der Waals surface area contributed by atoms with E-state index in [1.54, 1.807) is 23.0 Å². The average Bonchev–Trinajstić information content (AvgIpc) is 3.51. The summed E-state index contributed by atoms with van der Waals surface area (Å²) in [5.41, 5.74) is 2.18. The highest BCUT2D eigenvalue weighted by Crippen LogP contribution is 2.34. The normalized spacial score (nSPS) is 14.8. The first-order valence-electron chi connectivity index (χ1n) is 10.8. The summed E-state index contributed by atoms with van der Waals surface area (Å²) in [5.74, 6) is 0.382. The molecule has 1 aliphatic heterocycles. The third-order valence-corrected chi connectivity index (χ3v) is 8.65. The van der Waals surface area contributed by atoms with Crippen molar-refractivity contribution in [3.05, 3.63) is 69.1 Å². The molecule has 1 amide bonds. The first kappa shape index (κ1) is 22.3. The summed E-state index contributed by atoms with van der Waals surface area (Å²) in [7, 11) is 1.74. The molecule has 1 saturated heterocycles. The number of hydrogen-bond acceptors (Lipinski definition) is 7. The molecule has 1 fully saturated rings. The van der Waals surface area contributed by atoms with Crippen LogP contribution in [0.5, 0.6) is 0 Å². The van der Waals surface area contributed by atoms with E-state index in [4.69, 9.17) is 4.98 Å². The summed E-state index contributed by atoms with van der Waals surface area (Å²) < 4.78 is 1.57. The van der Waals surface area contributed by atoms with Gasteiger partial charge in [-0.3, -0.25) is 19.1 Å². The number of benzene rings is 1. The van der Waals surface area contributed by atoms with Crippen LogP contribution in [0.3, 0.4) is 0 Å². The lowest BCUT2D eigenvalue weighted by molar-refractivity contribution is -0.130. The van der Waals surface area contributed by atoms with Gasteiger partial charge in [0.1, 0.15) is 4.83 Å². The predicted octanol–water partition coefficient (Wildman–Crippen LogP) is 4.16. The van der Waals surface area contributed by atoms with Crippen molar-refractivity contribution in [1.82, 2.24) is 19.4 Å². The number of fused-ring (bicyclic) bond motifs is 1. The van der Waals surface area contributed by atoms with Crippen molar-refractivity contribution < 1.29 is 4.79 Å². The number of thiophene rings is 2. The molecule has 3 aromatic heterocycles. The maximum atomic E-state index is 13.1. The maximum Gasteiger partial charge on any atom is 0.263 e. The second-order valence-electron chi connectivity index (χ2n) is 8.00. The van der Waals surface area contributed by atoms with E-state index < -0.39 is 0 Å². The van der Waals surface area contributed by atoms with Crippen LogP contribution in [0.15, 0.2) is 63.2 Å². The van der Waals surface area contributed by atoms with Crippen molar-refractivity contribution in [3.8, 4) is 10.4 Å². The van der Waals surface area contributed by atoms with E-state index in [1.807, 2.05) is 33.9 Å². The quantitative estimate of drug-likeness (QED) is 0.296. The SMILES string of the molecule is Cn1c(SCC(=O)N2CCN(Cc3ccccc3)CC2)nc2scc(-c3cccs3)c2c1=O. The molecule has 0 bridgehead atoms. The van der Waals surface area contributed by atoms with Crippen LogP contribution in [-0.4, -0.2) is 57.2 Å². The number of carbonyl (C=O) groups excluding carboxylic acids is 1. The van der Waals surface area contributed by atoms with E-state index in [2.05, 4.69) is 29.2 Å². The van der Waals surface area contributed by atoms with Crippen molar-refractivity contribution in [2.45, 2.75) is 11.7 Å². The summed E-state index contributed by atoms with van der Waals surface area (Å²) in [6.07, 6.45) is 0. The number of amides is 1. The van der Waals surface area contributed by atoms with Gasteiger partial charge in [-0.2, -0.15) is 0 Å². The zero-order chi connectivity index (χ0) is 22.8. The molecule has 0 spiro atoms. The zero-order valence-corrected chi connectivity index (χ0v) is 20.7. The molecular formula is C24H24N4O2S3. The molecule has 4 heterocycles. The number of nitrogens with zero attached hydrogens (tertiary/aromatic N) is 4. The van der Waals surface area contributed by atoms with Crippen molar-refractivity contribution in [1.29, 1.82) is 0 Å². The molecule has 0 atom stereocenters. The van der Waals surface area contributed by atoms with E-state index in [0.29, 0.717) is 10.5 Å². The van der Waals surface area contributed by atoms with Crippen molar-refractivity contribution in [3.63, 3.8) is 0 Å². The van der Waals surface area contributed by atoms with Crippen LogP contribution >= 0.6 is 34.4 Å². The van der Waals surface area contributed by atoms with Gasteiger partial charge < -0.3 is 4.90 Å². The van der Waals surface area contributed by atoms with Crippen LogP contribution in [0.25, 0.3) is 20.7 Å². The van der Waals surface area contributed by atoms with Crippen LogP contribution in [0, 0.1) is 0 Å². The van der Waals surface area contributed by atoms with Crippen molar-refractivity contribution >= 4 is 50.6 Å². The standard InChI is InChI=1S/C24H24N4O2S3/c1-26-23(30)21-18(19-8-5-13-31-19)15-32-22(21)25-24(26)33-16-20(29)28-11-9-27(10-12-28)14-17-6-3-2-4-7-17/h2-8,13,15H,9-12,14,16H2,1H3. The molecule has 0 N–H and O–H groups in total. The summed E-state index contributed by atoms with van der Waals surface area (Å²) in [4.78, 5) is 36.7. The molecule has 0 aliphatic carbocycles. The molecule has 1 aliphatic rings. The highest BCUT2D eigenvalue weighted by molar-refractivity contribution is 7.99. The molecule has 0 radical (unpaired) electrons. The summed E-state index contributed by atoms with van der Waals surface area (Å²) in [5, 5.41) is 5.26. The molecule has 0 unspecified atom stereocenters. The number of hydrogen-bond donors (Lipinski definition) is 0. The Morgan fingerprint density at radius 2 is 1.85 bits per heavy atom. The van der Waals surface area contributed by atoms with E-state index in [9.17, 15) is 9.59 Å². The Hall–Kier alpha value is -2.46. The highest BCUT2D eigenvalue weighted by Gasteiger charge is 2.22. The second kappa shape index (κ2) is 9.80. The van der Waals surface area contributed by atoms with E-state index in [-0.39, 0.29) is 17.2 Å². The van der Waals surface area contributed by atoms with Crippen LogP contribution in [-0.2, 0) is 18.4 Å². The number of thioether (sulfide) groups is 1. The molecule has 170 valence electrons. The number of aromatic nitrogens is 2. The minimum atomic E-state index is -0.0610. The zero-order valence-electron chi connectivity index (χ0n) is 18.3. The fourth-order valence-electron chi connectivity index (χ4n) is 4.01. The Labute approximate surface area is 204 Å². The van der Waals surface area contributed by atoms with Crippen LogP contribution < -0.4 is 5.56 Å². The third kappa shape index (κ3) is 4.77. The van der Waals surface area contributed by atoms with Gasteiger partial charge in [-0.15, -0.1) is 22.7 Å². The van der Waals surface area contributed by atoms with Gasteiger partial charge in [0.2, 0.25) is 5.91 Å². The molecule has 33 heavy (non-hydrogen) atoms. The van der Waals surface area contributed by atoms with E-state index >= 15 is 0 Å². The predicted molar refractivity (Wildman–Crippen MR) is 137 cm³/mol. The fraction of sp³-hybridized carbons (Fsp3) is 0.292. The lowest BCUT2D eigenvalue weighted by atomic mass is 10.2. The van der Waals surface area contributed by atoms with Crippen LogP contribution in [0.2, 0.25) is 0 Å². The number of piperazine rings is 1. The van der Waals surface area contributed by atoms with Crippen LogP contribution in [0.1, 0.15) is 5.56 Å². The summed E-state index contributed by atoms with van der Waals surface area (Å²) in [6, 6.07) is 14.4. The second-order valence-corrected chi connectivity index (χ2v) is 10.7. The van der Waals surface area contributed by atoms with Gasteiger partial charge in [-0.05, 0) is 17.0 Å². The Morgan fingerprint density at radius 1 is 1.06 bits per heavy atom. The lowest BCUT2D eigenvalue weighted by Gasteiger charge is -2.34. The van der Waals surface area contributed by atoms with Crippen molar-refractivity contribution in [2.75, 3.05) is 31.9 Å². The first-order chi connectivity index (χ1) is 16.1. The van der Waals surface area contributed by atoms with Gasteiger partial charge in [0.05, 0.1) is 11.1 Å². The number of rotatable bonds is 6. The van der Waals surface area contributed by atoms with Gasteiger partial charge in [0.25, 0.3) is 5.56 Å². The Kier molecular flexibility index (Phi) is 6.64. The van der Waals surface area contributed by atoms with Gasteiger partial charge in [0.15, 0.2) is 5.16 Å². The minimum Gasteiger partial charge on any atom is -0.339 e. The van der Waals surface area contributed by atoms with E-state index in [0.717, 1.165) is 48.0 Å². The molecule has 6 nitrogen and oxygen atoms in total. The first-order valence-corrected chi connectivity index (χ1v) is 13.5. The third-order valence-electron chi connectivity index (χ3n) is 5.86.